The van der Waals surface area contributed by atoms with Crippen LogP contribution in [0.1, 0.15) is 59.4 Å². The molecule has 0 amide bonds. The van der Waals surface area contributed by atoms with E-state index >= 15 is 0 Å². The lowest BCUT2D eigenvalue weighted by molar-refractivity contribution is -0.139. The van der Waals surface area contributed by atoms with E-state index in [2.05, 4.69) is 0 Å². The van der Waals surface area contributed by atoms with Crippen LogP contribution in [0.3, 0.4) is 0 Å². The Morgan fingerprint density at radius 3 is 2.09 bits per heavy atom. The van der Waals surface area contributed by atoms with Crippen molar-refractivity contribution in [1.29, 1.82) is 0 Å². The second-order valence-electron chi connectivity index (χ2n) is 8.63. The SMILES string of the molecule is CC(=O)Oc1ccc(C(CC(C)OC(=O)OCC(C)(C)C)[C@H](N)C(=O)O)cc1OC(C)=O. The summed E-state index contributed by atoms with van der Waals surface area (Å²) in [5, 5.41) is 9.46. The molecule has 0 spiro atoms. The van der Waals surface area contributed by atoms with Gasteiger partial charge in [0.2, 0.25) is 0 Å². The molecule has 0 radical (unpaired) electrons. The van der Waals surface area contributed by atoms with Crippen LogP contribution in [0.25, 0.3) is 0 Å². The van der Waals surface area contributed by atoms with Gasteiger partial charge in [-0.15, -0.1) is 0 Å². The van der Waals surface area contributed by atoms with Crippen molar-refractivity contribution in [2.24, 2.45) is 11.1 Å². The molecule has 0 bridgehead atoms. The second-order valence-corrected chi connectivity index (χ2v) is 8.63. The van der Waals surface area contributed by atoms with Crippen LogP contribution in [0, 0.1) is 5.41 Å². The third-order valence-electron chi connectivity index (χ3n) is 4.13. The van der Waals surface area contributed by atoms with Crippen molar-refractivity contribution < 1.29 is 43.2 Å². The van der Waals surface area contributed by atoms with E-state index in [1.54, 1.807) is 6.92 Å². The molecule has 0 fully saturated rings. The first-order chi connectivity index (χ1) is 14.7. The van der Waals surface area contributed by atoms with Crippen molar-refractivity contribution in [1.82, 2.24) is 0 Å². The molecule has 0 heterocycles. The van der Waals surface area contributed by atoms with Crippen molar-refractivity contribution in [3.63, 3.8) is 0 Å². The number of esters is 2. The van der Waals surface area contributed by atoms with Gasteiger partial charge in [0, 0.05) is 19.8 Å². The van der Waals surface area contributed by atoms with Crippen LogP contribution in [-0.4, -0.2) is 47.9 Å². The topological polar surface area (TPSA) is 151 Å². The fraction of sp³-hybridized carbons (Fsp3) is 0.545. The molecule has 3 atom stereocenters. The Hall–Kier alpha value is -3.14. The number of hydrogen-bond donors (Lipinski definition) is 2. The first-order valence-electron chi connectivity index (χ1n) is 10.0. The zero-order valence-electron chi connectivity index (χ0n) is 19.2. The average molecular weight is 453 g/mol. The van der Waals surface area contributed by atoms with E-state index in [0.29, 0.717) is 5.56 Å². The van der Waals surface area contributed by atoms with Crippen molar-refractivity contribution in [3.05, 3.63) is 23.8 Å². The average Bonchev–Trinajstić information content (AvgIpc) is 2.64. The van der Waals surface area contributed by atoms with Gasteiger partial charge < -0.3 is 29.8 Å². The highest BCUT2D eigenvalue weighted by molar-refractivity contribution is 5.76. The molecule has 0 aliphatic heterocycles. The summed E-state index contributed by atoms with van der Waals surface area (Å²) in [5.74, 6) is -3.44. The maximum atomic E-state index is 11.9. The molecule has 10 nitrogen and oxygen atoms in total. The lowest BCUT2D eigenvalue weighted by atomic mass is 9.87. The Morgan fingerprint density at radius 1 is 1.03 bits per heavy atom. The van der Waals surface area contributed by atoms with E-state index in [0.717, 1.165) is 0 Å². The molecule has 1 rings (SSSR count). The zero-order valence-corrected chi connectivity index (χ0v) is 19.2. The molecule has 0 aromatic heterocycles. The van der Waals surface area contributed by atoms with Gasteiger partial charge in [-0.2, -0.15) is 0 Å². The number of ether oxygens (including phenoxy) is 4. The molecule has 2 unspecified atom stereocenters. The normalized spacial score (nSPS) is 14.0. The molecule has 1 aromatic carbocycles. The van der Waals surface area contributed by atoms with E-state index in [1.807, 2.05) is 20.8 Å². The number of carboxylic acid groups (broad SMARTS) is 1. The van der Waals surface area contributed by atoms with Crippen LogP contribution in [0.2, 0.25) is 0 Å². The molecular formula is C22H31NO9. The van der Waals surface area contributed by atoms with Gasteiger partial charge in [0.1, 0.15) is 12.1 Å². The summed E-state index contributed by atoms with van der Waals surface area (Å²) in [4.78, 5) is 46.3. The Bertz CT molecular complexity index is 844. The van der Waals surface area contributed by atoms with E-state index in [1.165, 1.54) is 32.0 Å². The summed E-state index contributed by atoms with van der Waals surface area (Å²) in [5.41, 5.74) is 6.04. The number of benzene rings is 1. The molecule has 0 saturated carbocycles. The summed E-state index contributed by atoms with van der Waals surface area (Å²) >= 11 is 0. The predicted molar refractivity (Wildman–Crippen MR) is 113 cm³/mol. The maximum Gasteiger partial charge on any atom is 0.508 e. The number of carbonyl (C=O) groups is 4. The minimum atomic E-state index is -1.35. The first kappa shape index (κ1) is 26.9. The van der Waals surface area contributed by atoms with Crippen LogP contribution >= 0.6 is 0 Å². The van der Waals surface area contributed by atoms with Gasteiger partial charge in [-0.05, 0) is 36.5 Å². The molecule has 10 heteroatoms. The molecule has 3 N–H and O–H groups in total. The molecule has 0 aliphatic rings. The monoisotopic (exact) mass is 453 g/mol. The fourth-order valence-electron chi connectivity index (χ4n) is 2.77. The fourth-order valence-corrected chi connectivity index (χ4v) is 2.77. The van der Waals surface area contributed by atoms with Crippen molar-refractivity contribution in [2.75, 3.05) is 6.61 Å². The number of aliphatic carboxylic acids is 1. The number of rotatable bonds is 9. The largest absolute Gasteiger partial charge is 0.508 e. The summed E-state index contributed by atoms with van der Waals surface area (Å²) < 4.78 is 20.4. The first-order valence-corrected chi connectivity index (χ1v) is 10.0. The van der Waals surface area contributed by atoms with E-state index in [-0.39, 0.29) is 29.9 Å². The Balaban J connectivity index is 3.13. The van der Waals surface area contributed by atoms with Gasteiger partial charge in [-0.3, -0.25) is 14.4 Å². The zero-order chi connectivity index (χ0) is 24.6. The van der Waals surface area contributed by atoms with Crippen molar-refractivity contribution in [2.45, 2.75) is 66.0 Å². The highest BCUT2D eigenvalue weighted by Crippen LogP contribution is 2.34. The van der Waals surface area contributed by atoms with Crippen molar-refractivity contribution >= 4 is 24.1 Å². The molecular weight excluding hydrogens is 422 g/mol. The van der Waals surface area contributed by atoms with Gasteiger partial charge in [0.25, 0.3) is 0 Å². The smallest absolute Gasteiger partial charge is 0.480 e. The van der Waals surface area contributed by atoms with Crippen LogP contribution in [0.5, 0.6) is 11.5 Å². The van der Waals surface area contributed by atoms with Gasteiger partial charge in [-0.1, -0.05) is 26.8 Å². The third kappa shape index (κ3) is 9.34. The Labute approximate surface area is 187 Å². The molecule has 0 aliphatic carbocycles. The highest BCUT2D eigenvalue weighted by atomic mass is 16.7. The minimum absolute atomic E-state index is 0.00541. The molecule has 32 heavy (non-hydrogen) atoms. The second kappa shape index (κ2) is 11.5. The van der Waals surface area contributed by atoms with Gasteiger partial charge in [0.05, 0.1) is 6.61 Å². The van der Waals surface area contributed by atoms with Gasteiger partial charge in [-0.25, -0.2) is 4.79 Å². The molecule has 1 aromatic rings. The van der Waals surface area contributed by atoms with E-state index in [9.17, 15) is 24.3 Å². The Morgan fingerprint density at radius 2 is 1.59 bits per heavy atom. The maximum absolute atomic E-state index is 11.9. The number of carbonyl (C=O) groups excluding carboxylic acids is 3. The van der Waals surface area contributed by atoms with Gasteiger partial charge >= 0.3 is 24.1 Å². The predicted octanol–water partition coefficient (Wildman–Crippen LogP) is 3.01. The van der Waals surface area contributed by atoms with Crippen LogP contribution in [0.15, 0.2) is 18.2 Å². The number of carboxylic acids is 1. The van der Waals surface area contributed by atoms with Crippen LogP contribution in [0.4, 0.5) is 4.79 Å². The standard InChI is InChI=1S/C22H31NO9/c1-12(30-21(28)29-11-22(4,5)6)9-16(19(23)20(26)27)15-7-8-17(31-13(2)24)18(10-15)32-14(3)25/h7-8,10,12,16,19H,9,11,23H2,1-6H3,(H,26,27)/t12?,16?,19-/m0/s1. The minimum Gasteiger partial charge on any atom is -0.480 e. The summed E-state index contributed by atoms with van der Waals surface area (Å²) in [7, 11) is 0. The summed E-state index contributed by atoms with van der Waals surface area (Å²) in [6.45, 7) is 9.78. The summed E-state index contributed by atoms with van der Waals surface area (Å²) in [6.07, 6.45) is -1.56. The molecule has 0 saturated heterocycles. The quantitative estimate of drug-likeness (QED) is 0.421. The number of hydrogen-bond acceptors (Lipinski definition) is 9. The van der Waals surface area contributed by atoms with Crippen LogP contribution in [-0.2, 0) is 23.9 Å². The third-order valence-corrected chi connectivity index (χ3v) is 4.13. The number of nitrogens with two attached hydrogens (primary N) is 1. The van der Waals surface area contributed by atoms with E-state index < -0.39 is 42.1 Å². The lowest BCUT2D eigenvalue weighted by Crippen LogP contribution is -2.38. The van der Waals surface area contributed by atoms with Crippen molar-refractivity contribution in [3.8, 4) is 11.5 Å². The molecule has 178 valence electrons. The van der Waals surface area contributed by atoms with Gasteiger partial charge in [0.15, 0.2) is 11.5 Å². The van der Waals surface area contributed by atoms with E-state index in [4.69, 9.17) is 24.7 Å². The highest BCUT2D eigenvalue weighted by Gasteiger charge is 2.30. The summed E-state index contributed by atoms with van der Waals surface area (Å²) in [6, 6.07) is 2.90. The van der Waals surface area contributed by atoms with Crippen LogP contribution < -0.4 is 15.2 Å². The Kier molecular flexibility index (Phi) is 9.64. The lowest BCUT2D eigenvalue weighted by Gasteiger charge is -2.25.